The third-order valence-corrected chi connectivity index (χ3v) is 5.25. The zero-order valence-electron chi connectivity index (χ0n) is 11.3. The lowest BCUT2D eigenvalue weighted by Gasteiger charge is -2.21. The quantitative estimate of drug-likeness (QED) is 0.735. The van der Waals surface area contributed by atoms with Gasteiger partial charge in [-0.2, -0.15) is 0 Å². The van der Waals surface area contributed by atoms with Crippen molar-refractivity contribution in [2.75, 3.05) is 38.2 Å². The Labute approximate surface area is 106 Å². The molecule has 0 spiro atoms. The summed E-state index contributed by atoms with van der Waals surface area (Å²) >= 11 is 0. The first-order chi connectivity index (χ1) is 7.93. The van der Waals surface area contributed by atoms with Crippen LogP contribution in [0.1, 0.15) is 26.7 Å². The number of sulfone groups is 1. The summed E-state index contributed by atoms with van der Waals surface area (Å²) in [5.41, 5.74) is 0. The zero-order valence-corrected chi connectivity index (χ0v) is 12.1. The number of rotatable bonds is 7. The molecular formula is C12H26N2O2S. The van der Waals surface area contributed by atoms with Crippen molar-refractivity contribution in [3.8, 4) is 0 Å². The molecule has 5 heteroatoms. The minimum Gasteiger partial charge on any atom is -0.312 e. The number of hydrogen-bond acceptors (Lipinski definition) is 4. The first-order valence-electron chi connectivity index (χ1n) is 6.55. The molecule has 1 saturated heterocycles. The lowest BCUT2D eigenvalue weighted by molar-refractivity contribution is 0.278. The van der Waals surface area contributed by atoms with E-state index in [1.54, 1.807) is 0 Å². The average Bonchev–Trinajstić information content (AvgIpc) is 2.58. The topological polar surface area (TPSA) is 49.4 Å². The van der Waals surface area contributed by atoms with Crippen molar-refractivity contribution in [1.29, 1.82) is 0 Å². The molecule has 0 aliphatic carbocycles. The van der Waals surface area contributed by atoms with E-state index >= 15 is 0 Å². The Morgan fingerprint density at radius 2 is 2.18 bits per heavy atom. The Hall–Kier alpha value is -0.130. The first-order valence-corrected chi connectivity index (χ1v) is 8.37. The van der Waals surface area contributed by atoms with Gasteiger partial charge in [-0.15, -0.1) is 0 Å². The van der Waals surface area contributed by atoms with E-state index in [-0.39, 0.29) is 6.04 Å². The van der Waals surface area contributed by atoms with Gasteiger partial charge in [0.05, 0.1) is 11.5 Å². The van der Waals surface area contributed by atoms with Crippen LogP contribution in [0.5, 0.6) is 0 Å². The molecule has 1 heterocycles. The second-order valence-electron chi connectivity index (χ2n) is 5.33. The van der Waals surface area contributed by atoms with Gasteiger partial charge in [0.15, 0.2) is 9.84 Å². The van der Waals surface area contributed by atoms with Crippen molar-refractivity contribution < 1.29 is 8.42 Å². The highest BCUT2D eigenvalue weighted by Gasteiger charge is 2.27. The van der Waals surface area contributed by atoms with Crippen LogP contribution in [-0.4, -0.2) is 57.5 Å². The highest BCUT2D eigenvalue weighted by molar-refractivity contribution is 7.91. The molecule has 4 nitrogen and oxygen atoms in total. The molecule has 0 aromatic rings. The summed E-state index contributed by atoms with van der Waals surface area (Å²) in [5.74, 6) is 1.40. The van der Waals surface area contributed by atoms with Crippen molar-refractivity contribution >= 4 is 9.84 Å². The molecule has 0 aromatic carbocycles. The van der Waals surface area contributed by atoms with Gasteiger partial charge in [0.2, 0.25) is 0 Å². The lowest BCUT2D eigenvalue weighted by atomic mass is 10.1. The number of hydrogen-bond donors (Lipinski definition) is 1. The first kappa shape index (κ1) is 14.9. The maximum absolute atomic E-state index is 11.3. The van der Waals surface area contributed by atoms with E-state index in [0.717, 1.165) is 32.0 Å². The average molecular weight is 262 g/mol. The second kappa shape index (κ2) is 6.71. The van der Waals surface area contributed by atoms with Gasteiger partial charge in [-0.3, -0.25) is 0 Å². The third kappa shape index (κ3) is 5.84. The Morgan fingerprint density at radius 3 is 2.71 bits per heavy atom. The Morgan fingerprint density at radius 1 is 1.47 bits per heavy atom. The van der Waals surface area contributed by atoms with Gasteiger partial charge in [0.25, 0.3) is 0 Å². The number of nitrogens with zero attached hydrogens (tertiary/aromatic N) is 1. The van der Waals surface area contributed by atoms with Crippen molar-refractivity contribution in [2.45, 2.75) is 32.7 Å². The largest absolute Gasteiger partial charge is 0.312 e. The summed E-state index contributed by atoms with van der Waals surface area (Å²) in [4.78, 5) is 2.31. The molecule has 1 aliphatic heterocycles. The highest BCUT2D eigenvalue weighted by atomic mass is 32.2. The molecule has 102 valence electrons. The molecule has 0 aromatic heterocycles. The van der Waals surface area contributed by atoms with Crippen molar-refractivity contribution in [2.24, 2.45) is 5.92 Å². The van der Waals surface area contributed by atoms with Crippen molar-refractivity contribution in [3.05, 3.63) is 0 Å². The number of likely N-dealkylation sites (N-methyl/N-ethyl adjacent to an activating group) is 1. The smallest absolute Gasteiger partial charge is 0.151 e. The van der Waals surface area contributed by atoms with Crippen LogP contribution in [0.2, 0.25) is 0 Å². The molecule has 2 unspecified atom stereocenters. The van der Waals surface area contributed by atoms with Gasteiger partial charge in [-0.05, 0) is 19.4 Å². The second-order valence-corrected chi connectivity index (χ2v) is 7.56. The molecule has 0 radical (unpaired) electrons. The number of nitrogens with one attached hydrogen (secondary N) is 1. The normalized spacial score (nSPS) is 25.3. The minimum atomic E-state index is -2.75. The van der Waals surface area contributed by atoms with Crippen LogP contribution in [0.3, 0.4) is 0 Å². The van der Waals surface area contributed by atoms with E-state index in [4.69, 9.17) is 0 Å². The fourth-order valence-corrected chi connectivity index (χ4v) is 3.88. The molecule has 1 rings (SSSR count). The summed E-state index contributed by atoms with van der Waals surface area (Å²) in [5, 5.41) is 3.34. The molecular weight excluding hydrogens is 236 g/mol. The fraction of sp³-hybridized carbons (Fsp3) is 1.00. The van der Waals surface area contributed by atoms with Gasteiger partial charge >= 0.3 is 0 Å². The highest BCUT2D eigenvalue weighted by Crippen LogP contribution is 2.10. The minimum absolute atomic E-state index is 0.178. The van der Waals surface area contributed by atoms with E-state index in [2.05, 4.69) is 31.1 Å². The van der Waals surface area contributed by atoms with Gasteiger partial charge in [-0.25, -0.2) is 8.42 Å². The molecule has 0 bridgehead atoms. The Bertz CT molecular complexity index is 316. The predicted molar refractivity (Wildman–Crippen MR) is 72.0 cm³/mol. The van der Waals surface area contributed by atoms with Crippen LogP contribution in [0, 0.1) is 5.92 Å². The molecule has 1 N–H and O–H groups in total. The van der Waals surface area contributed by atoms with Crippen molar-refractivity contribution in [1.82, 2.24) is 10.2 Å². The monoisotopic (exact) mass is 262 g/mol. The van der Waals surface area contributed by atoms with E-state index in [1.165, 1.54) is 6.42 Å². The van der Waals surface area contributed by atoms with E-state index in [1.807, 2.05) is 0 Å². The zero-order chi connectivity index (χ0) is 12.9. The third-order valence-electron chi connectivity index (χ3n) is 3.48. The summed E-state index contributed by atoms with van der Waals surface area (Å²) in [6, 6.07) is 0.178. The summed E-state index contributed by atoms with van der Waals surface area (Å²) in [6.07, 6.45) is 1.98. The van der Waals surface area contributed by atoms with Gasteiger partial charge < -0.3 is 10.2 Å². The molecule has 1 aliphatic rings. The van der Waals surface area contributed by atoms with E-state index in [0.29, 0.717) is 11.5 Å². The van der Waals surface area contributed by atoms with Crippen LogP contribution < -0.4 is 5.32 Å². The van der Waals surface area contributed by atoms with Crippen molar-refractivity contribution in [3.63, 3.8) is 0 Å². The maximum atomic E-state index is 11.3. The van der Waals surface area contributed by atoms with Gasteiger partial charge in [0.1, 0.15) is 0 Å². The van der Waals surface area contributed by atoms with Crippen LogP contribution in [-0.2, 0) is 9.84 Å². The molecule has 2 atom stereocenters. The maximum Gasteiger partial charge on any atom is 0.151 e. The molecule has 1 fully saturated rings. The molecule has 0 amide bonds. The SMILES string of the molecule is CCC(C)CN(C)CCNC1CCS(=O)(=O)C1. The van der Waals surface area contributed by atoms with Crippen LogP contribution >= 0.6 is 0 Å². The van der Waals surface area contributed by atoms with Crippen LogP contribution in [0.4, 0.5) is 0 Å². The summed E-state index contributed by atoms with van der Waals surface area (Å²) in [7, 11) is -0.621. The lowest BCUT2D eigenvalue weighted by Crippen LogP contribution is -2.37. The Balaban J connectivity index is 2.12. The van der Waals surface area contributed by atoms with Crippen LogP contribution in [0.25, 0.3) is 0 Å². The standard InChI is InChI=1S/C12H26N2O2S/c1-4-11(2)9-14(3)7-6-13-12-5-8-17(15,16)10-12/h11-13H,4-10H2,1-3H3. The van der Waals surface area contributed by atoms with Crippen LogP contribution in [0.15, 0.2) is 0 Å². The van der Waals surface area contributed by atoms with Gasteiger partial charge in [-0.1, -0.05) is 20.3 Å². The van der Waals surface area contributed by atoms with Gasteiger partial charge in [0, 0.05) is 25.7 Å². The van der Waals surface area contributed by atoms with E-state index in [9.17, 15) is 8.42 Å². The molecule has 0 saturated carbocycles. The Kier molecular flexibility index (Phi) is 5.89. The predicted octanol–water partition coefficient (Wildman–Crippen LogP) is 0.741. The molecule has 17 heavy (non-hydrogen) atoms. The summed E-state index contributed by atoms with van der Waals surface area (Å²) < 4.78 is 22.5. The van der Waals surface area contributed by atoms with E-state index < -0.39 is 9.84 Å². The summed E-state index contributed by atoms with van der Waals surface area (Å²) in [6.45, 7) is 7.45. The fourth-order valence-electron chi connectivity index (χ4n) is 2.17.